The Hall–Kier alpha value is -2.53. The number of nitrogens with one attached hydrogen (secondary N) is 1. The number of methoxy groups -OCH3 is 1. The van der Waals surface area contributed by atoms with Crippen molar-refractivity contribution in [1.82, 2.24) is 5.32 Å². The molecule has 1 N–H and O–H groups in total. The Bertz CT molecular complexity index is 1340. The molecule has 38 heavy (non-hydrogen) atoms. The number of hydrogen-bond donors (Lipinski definition) is 1. The fraction of sp³-hybridized carbons (Fsp3) is 0.444. The quantitative estimate of drug-likeness (QED) is 0.187. The lowest BCUT2D eigenvalue weighted by molar-refractivity contribution is -0.145. The fourth-order valence-corrected chi connectivity index (χ4v) is 7.26. The van der Waals surface area contributed by atoms with Crippen LogP contribution in [0.3, 0.4) is 0 Å². The second-order valence-electron chi connectivity index (χ2n) is 8.59. The molecular formula is C27H34ClNO7S2. The van der Waals surface area contributed by atoms with Crippen molar-refractivity contribution in [2.24, 2.45) is 0 Å². The van der Waals surface area contributed by atoms with E-state index in [1.165, 1.54) is 18.4 Å². The van der Waals surface area contributed by atoms with E-state index in [1.807, 2.05) is 26.0 Å². The first-order valence-corrected chi connectivity index (χ1v) is 15.3. The summed E-state index contributed by atoms with van der Waals surface area (Å²) in [7, 11) is -1.88. The molecule has 0 spiro atoms. The van der Waals surface area contributed by atoms with Gasteiger partial charge in [0, 0.05) is 22.3 Å². The molecule has 3 rings (SSSR count). The SMILES string of the molecule is CCOC(=O)COc1ccc(OC(CC)CNCCCS(=O)(=O)c2sc3ccc(Cl)cc3c2C)cc1OC. The maximum Gasteiger partial charge on any atom is 0.344 e. The van der Waals surface area contributed by atoms with Crippen molar-refractivity contribution < 1.29 is 32.2 Å². The lowest BCUT2D eigenvalue weighted by atomic mass is 10.2. The third-order valence-corrected chi connectivity index (χ3v) is 9.83. The highest BCUT2D eigenvalue weighted by atomic mass is 35.5. The molecule has 0 fully saturated rings. The maximum absolute atomic E-state index is 13.0. The van der Waals surface area contributed by atoms with Crippen LogP contribution >= 0.6 is 22.9 Å². The van der Waals surface area contributed by atoms with Crippen molar-refractivity contribution in [3.63, 3.8) is 0 Å². The number of ether oxygens (including phenoxy) is 4. The van der Waals surface area contributed by atoms with E-state index in [-0.39, 0.29) is 25.1 Å². The Morgan fingerprint density at radius 2 is 1.92 bits per heavy atom. The number of esters is 1. The first-order chi connectivity index (χ1) is 18.2. The molecule has 0 amide bonds. The van der Waals surface area contributed by atoms with Crippen LogP contribution in [0.4, 0.5) is 0 Å². The van der Waals surface area contributed by atoms with E-state index in [4.69, 9.17) is 30.5 Å². The summed E-state index contributed by atoms with van der Waals surface area (Å²) in [6.45, 7) is 6.75. The van der Waals surface area contributed by atoms with Gasteiger partial charge in [-0.15, -0.1) is 11.3 Å². The topological polar surface area (TPSA) is 100 Å². The van der Waals surface area contributed by atoms with Crippen LogP contribution in [0.1, 0.15) is 32.3 Å². The van der Waals surface area contributed by atoms with E-state index in [0.717, 1.165) is 22.1 Å². The minimum atomic E-state index is -3.40. The van der Waals surface area contributed by atoms with Gasteiger partial charge in [0.2, 0.25) is 0 Å². The van der Waals surface area contributed by atoms with Crippen LogP contribution in [0.15, 0.2) is 40.6 Å². The Balaban J connectivity index is 1.49. The summed E-state index contributed by atoms with van der Waals surface area (Å²) in [6.07, 6.45) is 1.10. The van der Waals surface area contributed by atoms with Crippen LogP contribution < -0.4 is 19.5 Å². The number of carbonyl (C=O) groups excluding carboxylic acids is 1. The molecule has 0 aliphatic rings. The van der Waals surface area contributed by atoms with Gasteiger partial charge in [-0.05, 0) is 74.5 Å². The number of aryl methyl sites for hydroxylation is 1. The normalized spacial score (nSPS) is 12.3. The molecule has 1 heterocycles. The molecule has 0 bridgehead atoms. The molecule has 1 atom stereocenters. The predicted molar refractivity (Wildman–Crippen MR) is 151 cm³/mol. The average Bonchev–Trinajstić information content (AvgIpc) is 3.23. The standard InChI is InChI=1S/C27H34ClNO7S2/c1-5-20(36-21-9-10-23(24(15-21)33-4)35-17-26(30)34-6-2)16-29-12-7-13-38(31,32)27-18(3)22-14-19(28)8-11-25(22)37-27/h8-11,14-15,20,29H,5-7,12-13,16-17H2,1-4H3. The summed E-state index contributed by atoms with van der Waals surface area (Å²) in [5.74, 6) is 1.06. The van der Waals surface area contributed by atoms with Gasteiger partial charge in [0.25, 0.3) is 0 Å². The molecule has 0 aliphatic heterocycles. The molecule has 2 aromatic carbocycles. The Labute approximate surface area is 233 Å². The number of rotatable bonds is 15. The zero-order valence-electron chi connectivity index (χ0n) is 22.0. The number of thiophene rings is 1. The Morgan fingerprint density at radius 3 is 2.63 bits per heavy atom. The van der Waals surface area contributed by atoms with Crippen molar-refractivity contribution in [2.75, 3.05) is 39.2 Å². The predicted octanol–water partition coefficient (Wildman–Crippen LogP) is 5.42. The molecule has 0 saturated heterocycles. The number of benzene rings is 2. The first kappa shape index (κ1) is 30.0. The van der Waals surface area contributed by atoms with Gasteiger partial charge in [0.05, 0.1) is 19.5 Å². The highest BCUT2D eigenvalue weighted by Crippen LogP contribution is 2.36. The summed E-state index contributed by atoms with van der Waals surface area (Å²) in [4.78, 5) is 11.5. The molecule has 0 saturated carbocycles. The molecule has 0 aliphatic carbocycles. The lowest BCUT2D eigenvalue weighted by Gasteiger charge is -2.19. The van der Waals surface area contributed by atoms with Crippen LogP contribution in [-0.4, -0.2) is 59.7 Å². The Kier molecular flexibility index (Phi) is 11.1. The van der Waals surface area contributed by atoms with E-state index in [2.05, 4.69) is 5.32 Å². The Morgan fingerprint density at radius 1 is 1.13 bits per heavy atom. The smallest absolute Gasteiger partial charge is 0.344 e. The first-order valence-electron chi connectivity index (χ1n) is 12.4. The second-order valence-corrected chi connectivity index (χ2v) is 12.4. The van der Waals surface area contributed by atoms with Gasteiger partial charge in [-0.1, -0.05) is 18.5 Å². The molecule has 1 unspecified atom stereocenters. The minimum Gasteiger partial charge on any atom is -0.493 e. The van der Waals surface area contributed by atoms with Crippen molar-refractivity contribution >= 4 is 48.8 Å². The van der Waals surface area contributed by atoms with Crippen molar-refractivity contribution in [2.45, 2.75) is 43.9 Å². The number of hydrogen-bond acceptors (Lipinski definition) is 9. The highest BCUT2D eigenvalue weighted by molar-refractivity contribution is 7.93. The number of halogens is 1. The van der Waals surface area contributed by atoms with Crippen molar-refractivity contribution in [3.8, 4) is 17.2 Å². The van der Waals surface area contributed by atoms with Gasteiger partial charge in [-0.2, -0.15) is 0 Å². The lowest BCUT2D eigenvalue weighted by Crippen LogP contribution is -2.32. The maximum atomic E-state index is 13.0. The van der Waals surface area contributed by atoms with Gasteiger partial charge in [-0.25, -0.2) is 13.2 Å². The van der Waals surface area contributed by atoms with Crippen LogP contribution in [0, 0.1) is 6.92 Å². The zero-order valence-corrected chi connectivity index (χ0v) is 24.4. The van der Waals surface area contributed by atoms with Gasteiger partial charge < -0.3 is 24.3 Å². The monoisotopic (exact) mass is 583 g/mol. The number of sulfone groups is 1. The molecule has 11 heteroatoms. The van der Waals surface area contributed by atoms with Gasteiger partial charge in [0.15, 0.2) is 27.9 Å². The number of fused-ring (bicyclic) bond motifs is 1. The average molecular weight is 584 g/mol. The summed E-state index contributed by atoms with van der Waals surface area (Å²) in [5.41, 5.74) is 0.757. The van der Waals surface area contributed by atoms with Crippen LogP contribution in [0.2, 0.25) is 5.02 Å². The summed E-state index contributed by atoms with van der Waals surface area (Å²) in [5, 5.41) is 4.78. The molecular weight excluding hydrogens is 550 g/mol. The van der Waals surface area contributed by atoms with Gasteiger partial charge in [-0.3, -0.25) is 0 Å². The van der Waals surface area contributed by atoms with Crippen LogP contribution in [0.25, 0.3) is 10.1 Å². The molecule has 208 valence electrons. The van der Waals surface area contributed by atoms with Crippen LogP contribution in [0.5, 0.6) is 17.2 Å². The third-order valence-electron chi connectivity index (χ3n) is 5.82. The molecule has 8 nitrogen and oxygen atoms in total. The van der Waals surface area contributed by atoms with Crippen molar-refractivity contribution in [3.05, 3.63) is 47.0 Å². The summed E-state index contributed by atoms with van der Waals surface area (Å²) >= 11 is 7.38. The van der Waals surface area contributed by atoms with Crippen LogP contribution in [-0.2, 0) is 19.4 Å². The van der Waals surface area contributed by atoms with Crippen molar-refractivity contribution in [1.29, 1.82) is 0 Å². The summed E-state index contributed by atoms with van der Waals surface area (Å²) in [6, 6.07) is 10.6. The third kappa shape index (κ3) is 7.99. The van der Waals surface area contributed by atoms with Gasteiger partial charge in [0.1, 0.15) is 16.1 Å². The molecule has 0 radical (unpaired) electrons. The van der Waals surface area contributed by atoms with E-state index < -0.39 is 15.8 Å². The zero-order chi connectivity index (χ0) is 27.7. The molecule has 3 aromatic rings. The fourth-order valence-electron chi connectivity index (χ4n) is 3.85. The van der Waals surface area contributed by atoms with Gasteiger partial charge >= 0.3 is 5.97 Å². The largest absolute Gasteiger partial charge is 0.493 e. The number of carbonyl (C=O) groups is 1. The minimum absolute atomic E-state index is 0.0590. The van der Waals surface area contributed by atoms with E-state index in [1.54, 1.807) is 31.2 Å². The highest BCUT2D eigenvalue weighted by Gasteiger charge is 2.22. The molecule has 1 aromatic heterocycles. The van der Waals surface area contributed by atoms with E-state index >= 15 is 0 Å². The van der Waals surface area contributed by atoms with E-state index in [0.29, 0.717) is 46.0 Å². The summed E-state index contributed by atoms with van der Waals surface area (Å²) < 4.78 is 49.1. The van der Waals surface area contributed by atoms with E-state index in [9.17, 15) is 13.2 Å². The second kappa shape index (κ2) is 14.0.